The van der Waals surface area contributed by atoms with Gasteiger partial charge in [-0.1, -0.05) is 6.58 Å². The maximum atomic E-state index is 13.2. The summed E-state index contributed by atoms with van der Waals surface area (Å²) >= 11 is 0. The van der Waals surface area contributed by atoms with Crippen LogP contribution in [0.3, 0.4) is 0 Å². The average molecular weight is 333 g/mol. The Bertz CT molecular complexity index is 1010. The van der Waals surface area contributed by atoms with Gasteiger partial charge in [0.25, 0.3) is 5.91 Å². The summed E-state index contributed by atoms with van der Waals surface area (Å²) in [6, 6.07) is 6.03. The van der Waals surface area contributed by atoms with Gasteiger partial charge in [-0.05, 0) is 31.9 Å². The van der Waals surface area contributed by atoms with Crippen LogP contribution in [0.5, 0.6) is 0 Å². The summed E-state index contributed by atoms with van der Waals surface area (Å²) in [7, 11) is 0. The van der Waals surface area contributed by atoms with Gasteiger partial charge >= 0.3 is 0 Å². The van der Waals surface area contributed by atoms with Crippen LogP contribution in [-0.4, -0.2) is 36.0 Å². The van der Waals surface area contributed by atoms with E-state index in [1.165, 1.54) is 5.69 Å². The summed E-state index contributed by atoms with van der Waals surface area (Å²) in [5.74, 6) is 0.0693. The van der Waals surface area contributed by atoms with Gasteiger partial charge in [0, 0.05) is 42.7 Å². The van der Waals surface area contributed by atoms with Gasteiger partial charge in [0.1, 0.15) is 5.69 Å². The third kappa shape index (κ3) is 1.94. The third-order valence-electron chi connectivity index (χ3n) is 5.46. The molecule has 0 aromatic carbocycles. The molecule has 1 fully saturated rings. The summed E-state index contributed by atoms with van der Waals surface area (Å²) in [6.07, 6.45) is 8.28. The van der Waals surface area contributed by atoms with Crippen molar-refractivity contribution in [1.82, 2.24) is 24.1 Å². The Morgan fingerprint density at radius 2 is 2.28 bits per heavy atom. The quantitative estimate of drug-likeness (QED) is 0.725. The summed E-state index contributed by atoms with van der Waals surface area (Å²) in [5, 5.41) is 4.60. The SMILES string of the molecule is C=Cn1cccc1C(=O)N1[C@@H]2CC[C@@H]1c1cnc3cc(C)nn3c1C2. The minimum absolute atomic E-state index is 0.0693. The summed E-state index contributed by atoms with van der Waals surface area (Å²) in [5.41, 5.74) is 4.86. The normalized spacial score (nSPS) is 21.6. The first-order chi connectivity index (χ1) is 12.2. The first kappa shape index (κ1) is 14.5. The highest BCUT2D eigenvalue weighted by Crippen LogP contribution is 2.44. The number of hydrogen-bond donors (Lipinski definition) is 0. The van der Waals surface area contributed by atoms with Gasteiger partial charge in [0.15, 0.2) is 5.65 Å². The monoisotopic (exact) mass is 333 g/mol. The fraction of sp³-hybridized carbons (Fsp3) is 0.316. The van der Waals surface area contributed by atoms with Gasteiger partial charge in [-0.15, -0.1) is 0 Å². The Morgan fingerprint density at radius 1 is 1.40 bits per heavy atom. The summed E-state index contributed by atoms with van der Waals surface area (Å²) < 4.78 is 3.75. The molecule has 5 rings (SSSR count). The molecular formula is C19H19N5O. The predicted molar refractivity (Wildman–Crippen MR) is 94.2 cm³/mol. The van der Waals surface area contributed by atoms with Crippen molar-refractivity contribution in [1.29, 1.82) is 0 Å². The van der Waals surface area contributed by atoms with Crippen LogP contribution in [-0.2, 0) is 6.42 Å². The highest BCUT2D eigenvalue weighted by atomic mass is 16.2. The number of aryl methyl sites for hydroxylation is 1. The highest BCUT2D eigenvalue weighted by Gasteiger charge is 2.44. The van der Waals surface area contributed by atoms with Crippen LogP contribution in [0.4, 0.5) is 0 Å². The smallest absolute Gasteiger partial charge is 0.271 e. The number of aromatic nitrogens is 4. The fourth-order valence-electron chi connectivity index (χ4n) is 4.38. The summed E-state index contributed by atoms with van der Waals surface area (Å²) in [6.45, 7) is 5.77. The maximum absolute atomic E-state index is 13.2. The number of carbonyl (C=O) groups excluding carboxylic acids is 1. The number of rotatable bonds is 2. The molecular weight excluding hydrogens is 314 g/mol. The van der Waals surface area contributed by atoms with Crippen LogP contribution in [0.15, 0.2) is 37.2 Å². The van der Waals surface area contributed by atoms with Gasteiger partial charge in [-0.3, -0.25) is 4.79 Å². The molecule has 2 aliphatic heterocycles. The van der Waals surface area contributed by atoms with Crippen LogP contribution < -0.4 is 0 Å². The minimum Gasteiger partial charge on any atom is -0.327 e. The average Bonchev–Trinajstić information content (AvgIpc) is 3.30. The molecule has 0 spiro atoms. The first-order valence-corrected chi connectivity index (χ1v) is 8.63. The second kappa shape index (κ2) is 5.05. The van der Waals surface area contributed by atoms with Crippen LogP contribution in [0.25, 0.3) is 11.8 Å². The minimum atomic E-state index is 0.0693. The van der Waals surface area contributed by atoms with Gasteiger partial charge < -0.3 is 9.47 Å². The molecule has 1 saturated heterocycles. The van der Waals surface area contributed by atoms with E-state index < -0.39 is 0 Å². The van der Waals surface area contributed by atoms with Crippen LogP contribution in [0.2, 0.25) is 0 Å². The Hall–Kier alpha value is -2.89. The van der Waals surface area contributed by atoms with E-state index in [2.05, 4.69) is 16.7 Å². The molecule has 0 saturated carbocycles. The van der Waals surface area contributed by atoms with Gasteiger partial charge in [0.05, 0.1) is 17.4 Å². The van der Waals surface area contributed by atoms with Crippen molar-refractivity contribution in [3.8, 4) is 0 Å². The molecule has 0 N–H and O–H groups in total. The lowest BCUT2D eigenvalue weighted by Crippen LogP contribution is -2.43. The molecule has 2 aliphatic rings. The number of amides is 1. The zero-order valence-electron chi connectivity index (χ0n) is 14.1. The third-order valence-corrected chi connectivity index (χ3v) is 5.46. The Labute approximate surface area is 145 Å². The van der Waals surface area contributed by atoms with Crippen LogP contribution in [0.1, 0.15) is 46.3 Å². The molecule has 3 aromatic heterocycles. The van der Waals surface area contributed by atoms with Gasteiger partial charge in [0.2, 0.25) is 0 Å². The van der Waals surface area contributed by atoms with Crippen molar-refractivity contribution in [2.75, 3.05) is 0 Å². The second-order valence-corrected chi connectivity index (χ2v) is 6.86. The Morgan fingerprint density at radius 3 is 3.12 bits per heavy atom. The van der Waals surface area contributed by atoms with E-state index in [1.807, 2.05) is 46.9 Å². The molecule has 2 atom stereocenters. The Balaban J connectivity index is 1.61. The lowest BCUT2D eigenvalue weighted by Gasteiger charge is -2.36. The van der Waals surface area contributed by atoms with E-state index >= 15 is 0 Å². The van der Waals surface area contributed by atoms with Crippen molar-refractivity contribution < 1.29 is 4.79 Å². The summed E-state index contributed by atoms with van der Waals surface area (Å²) in [4.78, 5) is 19.8. The maximum Gasteiger partial charge on any atom is 0.271 e. The molecule has 1 amide bonds. The molecule has 0 aliphatic carbocycles. The van der Waals surface area contributed by atoms with E-state index in [1.54, 1.807) is 10.8 Å². The van der Waals surface area contributed by atoms with Gasteiger partial charge in [-0.2, -0.15) is 5.10 Å². The molecule has 0 unspecified atom stereocenters. The van der Waals surface area contributed by atoms with E-state index in [9.17, 15) is 4.79 Å². The molecule has 6 nitrogen and oxygen atoms in total. The lowest BCUT2D eigenvalue weighted by atomic mass is 9.98. The molecule has 5 heterocycles. The number of fused-ring (bicyclic) bond motifs is 6. The number of carbonyl (C=O) groups is 1. The van der Waals surface area contributed by atoms with Crippen LogP contribution in [0, 0.1) is 6.92 Å². The molecule has 3 aromatic rings. The van der Waals surface area contributed by atoms with Crippen molar-refractivity contribution in [2.45, 2.75) is 38.3 Å². The van der Waals surface area contributed by atoms with Crippen molar-refractivity contribution in [2.24, 2.45) is 0 Å². The molecule has 6 heteroatoms. The second-order valence-electron chi connectivity index (χ2n) is 6.86. The van der Waals surface area contributed by atoms with Crippen molar-refractivity contribution in [3.63, 3.8) is 0 Å². The zero-order valence-corrected chi connectivity index (χ0v) is 14.1. The van der Waals surface area contributed by atoms with Crippen LogP contribution >= 0.6 is 0 Å². The fourth-order valence-corrected chi connectivity index (χ4v) is 4.38. The lowest BCUT2D eigenvalue weighted by molar-refractivity contribution is 0.0635. The van der Waals surface area contributed by atoms with E-state index in [-0.39, 0.29) is 18.0 Å². The van der Waals surface area contributed by atoms with Crippen molar-refractivity contribution in [3.05, 3.63) is 59.8 Å². The standard InChI is InChI=1S/C19H19N5O/c1-3-22-8-4-5-16(22)19(25)23-13-6-7-15(23)14-11-20-18-9-12(2)21-24(18)17(14)10-13/h3-5,8-9,11,13,15H,1,6-7,10H2,2H3/t13-,15-/m1/s1. The molecule has 25 heavy (non-hydrogen) atoms. The van der Waals surface area contributed by atoms with Gasteiger partial charge in [-0.25, -0.2) is 9.50 Å². The molecule has 0 radical (unpaired) electrons. The Kier molecular flexibility index (Phi) is 2.92. The molecule has 2 bridgehead atoms. The van der Waals surface area contributed by atoms with E-state index in [0.29, 0.717) is 5.69 Å². The number of hydrogen-bond acceptors (Lipinski definition) is 3. The van der Waals surface area contributed by atoms with Crippen molar-refractivity contribution >= 4 is 17.8 Å². The topological polar surface area (TPSA) is 55.4 Å². The first-order valence-electron chi connectivity index (χ1n) is 8.63. The molecule has 126 valence electrons. The largest absolute Gasteiger partial charge is 0.327 e. The van der Waals surface area contributed by atoms with E-state index in [4.69, 9.17) is 0 Å². The zero-order chi connectivity index (χ0) is 17.1. The highest BCUT2D eigenvalue weighted by molar-refractivity contribution is 5.94. The number of nitrogens with zero attached hydrogens (tertiary/aromatic N) is 5. The predicted octanol–water partition coefficient (Wildman–Crippen LogP) is 2.84. The van der Waals surface area contributed by atoms with E-state index in [0.717, 1.165) is 36.2 Å².